The van der Waals surface area contributed by atoms with Crippen molar-refractivity contribution in [2.45, 2.75) is 19.5 Å². The number of nitrogens with one attached hydrogen (secondary N) is 3. The van der Waals surface area contributed by atoms with Crippen LogP contribution in [0.5, 0.6) is 5.75 Å². The fourth-order valence-corrected chi connectivity index (χ4v) is 4.84. The normalized spacial score (nSPS) is 13.5. The summed E-state index contributed by atoms with van der Waals surface area (Å²) in [5.74, 6) is 0.425. The largest absolute Gasteiger partial charge is 0.493 e. The summed E-state index contributed by atoms with van der Waals surface area (Å²) in [6, 6.07) is 24.0. The highest BCUT2D eigenvalue weighted by molar-refractivity contribution is 5.89. The molecule has 0 bridgehead atoms. The summed E-state index contributed by atoms with van der Waals surface area (Å²) in [5, 5.41) is 9.02. The van der Waals surface area contributed by atoms with Gasteiger partial charge in [-0.1, -0.05) is 36.4 Å². The van der Waals surface area contributed by atoms with E-state index >= 15 is 0 Å². The molecule has 2 heterocycles. The lowest BCUT2D eigenvalue weighted by Crippen LogP contribution is -2.42. The van der Waals surface area contributed by atoms with Crippen LogP contribution in [-0.4, -0.2) is 48.7 Å². The Bertz CT molecular complexity index is 1390. The van der Waals surface area contributed by atoms with E-state index in [0.717, 1.165) is 55.0 Å². The SMILES string of the molecule is O=C(NCc1cccnc1)Nc1ccc(OCCc2cc(F)ccc2-c2ccccc2CN2CCNCC2)cc1. The number of amides is 2. The van der Waals surface area contributed by atoms with Gasteiger partial charge in [0.05, 0.1) is 6.61 Å². The minimum Gasteiger partial charge on any atom is -0.493 e. The van der Waals surface area contributed by atoms with Gasteiger partial charge in [-0.25, -0.2) is 9.18 Å². The fourth-order valence-electron chi connectivity index (χ4n) is 4.84. The Balaban J connectivity index is 1.17. The lowest BCUT2D eigenvalue weighted by molar-refractivity contribution is 0.233. The van der Waals surface area contributed by atoms with Crippen LogP contribution < -0.4 is 20.7 Å². The van der Waals surface area contributed by atoms with E-state index in [0.29, 0.717) is 31.0 Å². The van der Waals surface area contributed by atoms with Crippen LogP contribution in [0.4, 0.5) is 14.9 Å². The van der Waals surface area contributed by atoms with Crippen LogP contribution in [0.25, 0.3) is 11.1 Å². The van der Waals surface area contributed by atoms with Gasteiger partial charge in [0.25, 0.3) is 0 Å². The van der Waals surface area contributed by atoms with Gasteiger partial charge in [0.1, 0.15) is 11.6 Å². The first kappa shape index (κ1) is 27.3. The van der Waals surface area contributed by atoms with Gasteiger partial charge < -0.3 is 20.7 Å². The topological polar surface area (TPSA) is 78.5 Å². The smallest absolute Gasteiger partial charge is 0.319 e. The highest BCUT2D eigenvalue weighted by Crippen LogP contribution is 2.29. The van der Waals surface area contributed by atoms with Crippen molar-refractivity contribution < 1.29 is 13.9 Å². The van der Waals surface area contributed by atoms with Crippen LogP contribution in [0.3, 0.4) is 0 Å². The van der Waals surface area contributed by atoms with E-state index in [1.165, 1.54) is 11.6 Å². The molecule has 1 aliphatic rings. The molecular formula is C32H34FN5O2. The quantitative estimate of drug-likeness (QED) is 0.257. The Hall–Kier alpha value is -4.27. The lowest BCUT2D eigenvalue weighted by Gasteiger charge is -2.28. The molecule has 0 unspecified atom stereocenters. The average molecular weight is 540 g/mol. The Morgan fingerprint density at radius 2 is 1.75 bits per heavy atom. The van der Waals surface area contributed by atoms with Gasteiger partial charge >= 0.3 is 6.03 Å². The number of nitrogens with zero attached hydrogens (tertiary/aromatic N) is 2. The molecule has 0 aliphatic carbocycles. The molecule has 2 amide bonds. The first-order valence-electron chi connectivity index (χ1n) is 13.6. The van der Waals surface area contributed by atoms with Gasteiger partial charge in [-0.3, -0.25) is 9.88 Å². The van der Waals surface area contributed by atoms with Crippen LogP contribution in [0.1, 0.15) is 16.7 Å². The minimum atomic E-state index is -0.298. The second kappa shape index (κ2) is 13.7. The molecule has 7 nitrogen and oxygen atoms in total. The number of urea groups is 1. The highest BCUT2D eigenvalue weighted by Gasteiger charge is 2.15. The number of pyridine rings is 1. The number of ether oxygens (including phenoxy) is 1. The van der Waals surface area contributed by atoms with E-state index in [1.807, 2.05) is 36.4 Å². The molecule has 1 aliphatic heterocycles. The number of carbonyl (C=O) groups is 1. The van der Waals surface area contributed by atoms with Gasteiger partial charge in [-0.15, -0.1) is 0 Å². The summed E-state index contributed by atoms with van der Waals surface area (Å²) in [6.07, 6.45) is 3.97. The number of hydrogen-bond donors (Lipinski definition) is 3. The van der Waals surface area contributed by atoms with Gasteiger partial charge in [0.2, 0.25) is 0 Å². The maximum atomic E-state index is 14.3. The molecule has 5 rings (SSSR count). The molecule has 8 heteroatoms. The first-order valence-corrected chi connectivity index (χ1v) is 13.6. The second-order valence-electron chi connectivity index (χ2n) is 9.78. The molecule has 206 valence electrons. The number of rotatable bonds is 10. The van der Waals surface area contributed by atoms with Crippen molar-refractivity contribution in [1.82, 2.24) is 20.5 Å². The van der Waals surface area contributed by atoms with Gasteiger partial charge in [-0.05, 0) is 70.3 Å². The third-order valence-electron chi connectivity index (χ3n) is 6.91. The molecule has 0 atom stereocenters. The summed E-state index contributed by atoms with van der Waals surface area (Å²) < 4.78 is 20.3. The average Bonchev–Trinajstić information content (AvgIpc) is 2.99. The van der Waals surface area contributed by atoms with E-state index < -0.39 is 0 Å². The second-order valence-corrected chi connectivity index (χ2v) is 9.78. The third kappa shape index (κ3) is 7.65. The van der Waals surface area contributed by atoms with Crippen molar-refractivity contribution in [3.63, 3.8) is 0 Å². The fraction of sp³-hybridized carbons (Fsp3) is 0.250. The number of hydrogen-bond acceptors (Lipinski definition) is 5. The maximum absolute atomic E-state index is 14.3. The molecule has 1 fully saturated rings. The predicted molar refractivity (Wildman–Crippen MR) is 156 cm³/mol. The minimum absolute atomic E-state index is 0.254. The number of anilines is 1. The maximum Gasteiger partial charge on any atom is 0.319 e. The lowest BCUT2D eigenvalue weighted by atomic mass is 9.93. The molecule has 4 aromatic rings. The zero-order valence-electron chi connectivity index (χ0n) is 22.4. The van der Waals surface area contributed by atoms with Crippen molar-refractivity contribution in [2.75, 3.05) is 38.1 Å². The van der Waals surface area contributed by atoms with E-state index in [9.17, 15) is 9.18 Å². The Morgan fingerprint density at radius 1 is 0.950 bits per heavy atom. The molecule has 3 aromatic carbocycles. The van der Waals surface area contributed by atoms with Crippen molar-refractivity contribution >= 4 is 11.7 Å². The Kier molecular flexibility index (Phi) is 9.34. The van der Waals surface area contributed by atoms with E-state index in [4.69, 9.17) is 4.74 Å². The molecule has 0 radical (unpaired) electrons. The van der Waals surface area contributed by atoms with Crippen LogP contribution in [0, 0.1) is 5.82 Å². The van der Waals surface area contributed by atoms with E-state index in [2.05, 4.69) is 44.0 Å². The number of aromatic nitrogens is 1. The Labute approximate surface area is 234 Å². The van der Waals surface area contributed by atoms with Crippen molar-refractivity contribution in [3.05, 3.63) is 114 Å². The van der Waals surface area contributed by atoms with Crippen LogP contribution >= 0.6 is 0 Å². The monoisotopic (exact) mass is 539 g/mol. The van der Waals surface area contributed by atoms with Crippen molar-refractivity contribution in [1.29, 1.82) is 0 Å². The zero-order chi connectivity index (χ0) is 27.6. The third-order valence-corrected chi connectivity index (χ3v) is 6.91. The van der Waals surface area contributed by atoms with E-state index in [1.54, 1.807) is 30.6 Å². The molecule has 3 N–H and O–H groups in total. The van der Waals surface area contributed by atoms with Crippen LogP contribution in [0.15, 0.2) is 91.3 Å². The summed E-state index contributed by atoms with van der Waals surface area (Å²) in [5.41, 5.74) is 5.90. The van der Waals surface area contributed by atoms with Crippen molar-refractivity contribution in [3.8, 4) is 16.9 Å². The summed E-state index contributed by atoms with van der Waals surface area (Å²) in [6.45, 7) is 5.69. The number of carbonyl (C=O) groups excluding carboxylic acids is 1. The molecule has 0 saturated carbocycles. The number of benzene rings is 3. The highest BCUT2D eigenvalue weighted by atomic mass is 19.1. The molecule has 1 aromatic heterocycles. The Morgan fingerprint density at radius 3 is 2.55 bits per heavy atom. The molecule has 0 spiro atoms. The van der Waals surface area contributed by atoms with Crippen LogP contribution in [-0.2, 0) is 19.5 Å². The van der Waals surface area contributed by atoms with Gasteiger partial charge in [0.15, 0.2) is 0 Å². The summed E-state index contributed by atoms with van der Waals surface area (Å²) in [4.78, 5) is 18.7. The summed E-state index contributed by atoms with van der Waals surface area (Å²) >= 11 is 0. The van der Waals surface area contributed by atoms with Crippen LogP contribution in [0.2, 0.25) is 0 Å². The predicted octanol–water partition coefficient (Wildman–Crippen LogP) is 5.24. The van der Waals surface area contributed by atoms with Crippen molar-refractivity contribution in [2.24, 2.45) is 0 Å². The molecule has 1 saturated heterocycles. The number of halogens is 1. The summed E-state index contributed by atoms with van der Waals surface area (Å²) in [7, 11) is 0. The molecule has 40 heavy (non-hydrogen) atoms. The first-order chi connectivity index (χ1) is 19.6. The molecular weight excluding hydrogens is 505 g/mol. The zero-order valence-corrected chi connectivity index (χ0v) is 22.4. The van der Waals surface area contributed by atoms with Gasteiger partial charge in [0, 0.05) is 63.8 Å². The number of piperazine rings is 1. The standard InChI is InChI=1S/C32H34FN5O2/c33-27-7-12-31(30-6-2-1-5-26(30)23-38-17-15-34-16-18-38)25(20-27)13-19-40-29-10-8-28(9-11-29)37-32(39)36-22-24-4-3-14-35-21-24/h1-12,14,20-21,34H,13,15-19,22-23H2,(H2,36,37,39). The van der Waals surface area contributed by atoms with E-state index in [-0.39, 0.29) is 11.8 Å². The van der Waals surface area contributed by atoms with Gasteiger partial charge in [-0.2, -0.15) is 0 Å².